The summed E-state index contributed by atoms with van der Waals surface area (Å²) >= 11 is 0. The molecule has 0 bridgehead atoms. The normalized spacial score (nSPS) is 11.6. The predicted octanol–water partition coefficient (Wildman–Crippen LogP) is 2.48. The van der Waals surface area contributed by atoms with E-state index in [1.165, 1.54) is 0 Å². The highest BCUT2D eigenvalue weighted by atomic mass is 16.5. The van der Waals surface area contributed by atoms with Crippen molar-refractivity contribution >= 4 is 5.96 Å². The van der Waals surface area contributed by atoms with Crippen LogP contribution < -0.4 is 15.4 Å². The van der Waals surface area contributed by atoms with Crippen LogP contribution in [0.2, 0.25) is 0 Å². The summed E-state index contributed by atoms with van der Waals surface area (Å²) in [5.74, 6) is 2.52. The van der Waals surface area contributed by atoms with E-state index in [1.807, 2.05) is 51.4 Å². The summed E-state index contributed by atoms with van der Waals surface area (Å²) in [5, 5.41) is 6.50. The highest BCUT2D eigenvalue weighted by Gasteiger charge is 2.01. The molecular weight excluding hydrogens is 316 g/mol. The Balaban J connectivity index is 1.89. The number of likely N-dealkylation sites (N-methyl/N-ethyl adjacent to an activating group) is 1. The third-order valence-corrected chi connectivity index (χ3v) is 3.48. The molecule has 0 saturated heterocycles. The smallest absolute Gasteiger partial charge is 0.191 e. The fraction of sp³-hybridized carbons (Fsp3) is 0.421. The van der Waals surface area contributed by atoms with Gasteiger partial charge in [-0.1, -0.05) is 12.1 Å². The summed E-state index contributed by atoms with van der Waals surface area (Å²) in [6, 6.07) is 11.9. The number of benzene rings is 1. The molecule has 1 heterocycles. The molecule has 25 heavy (non-hydrogen) atoms. The summed E-state index contributed by atoms with van der Waals surface area (Å²) in [4.78, 5) is 6.72. The molecular formula is C19H28N4O2. The van der Waals surface area contributed by atoms with E-state index >= 15 is 0 Å². The van der Waals surface area contributed by atoms with Crippen molar-refractivity contribution in [1.29, 1.82) is 0 Å². The second-order valence-corrected chi connectivity index (χ2v) is 5.93. The van der Waals surface area contributed by atoms with Crippen molar-refractivity contribution in [2.45, 2.75) is 20.0 Å². The fourth-order valence-corrected chi connectivity index (χ4v) is 2.18. The van der Waals surface area contributed by atoms with E-state index in [0.29, 0.717) is 19.7 Å². The minimum atomic E-state index is 0.582. The van der Waals surface area contributed by atoms with E-state index in [9.17, 15) is 0 Å². The average molecular weight is 344 g/mol. The molecule has 6 heteroatoms. The lowest BCUT2D eigenvalue weighted by Gasteiger charge is -2.12. The zero-order chi connectivity index (χ0) is 17.9. The SMILES string of the molecule is CCNC(=NCc1cccc(OCCN(C)C)c1)NCc1ccco1. The Bertz CT molecular complexity index is 639. The summed E-state index contributed by atoms with van der Waals surface area (Å²) in [7, 11) is 4.07. The van der Waals surface area contributed by atoms with Crippen molar-refractivity contribution in [3.05, 3.63) is 54.0 Å². The molecule has 0 aliphatic rings. The molecule has 1 aromatic heterocycles. The summed E-state index contributed by atoms with van der Waals surface area (Å²) in [5.41, 5.74) is 1.11. The molecule has 2 rings (SSSR count). The molecule has 136 valence electrons. The monoisotopic (exact) mass is 344 g/mol. The molecule has 0 unspecified atom stereocenters. The zero-order valence-electron chi connectivity index (χ0n) is 15.3. The molecule has 0 aliphatic carbocycles. The van der Waals surface area contributed by atoms with Crippen LogP contribution in [0.1, 0.15) is 18.2 Å². The number of guanidine groups is 1. The van der Waals surface area contributed by atoms with Gasteiger partial charge in [0.15, 0.2) is 5.96 Å². The first kappa shape index (κ1) is 18.9. The van der Waals surface area contributed by atoms with E-state index in [1.54, 1.807) is 6.26 Å². The van der Waals surface area contributed by atoms with Crippen LogP contribution in [0.25, 0.3) is 0 Å². The number of ether oxygens (including phenoxy) is 1. The zero-order valence-corrected chi connectivity index (χ0v) is 15.3. The van der Waals surface area contributed by atoms with Crippen molar-refractivity contribution in [3.63, 3.8) is 0 Å². The lowest BCUT2D eigenvalue weighted by Crippen LogP contribution is -2.36. The van der Waals surface area contributed by atoms with Gasteiger partial charge in [0.25, 0.3) is 0 Å². The molecule has 6 nitrogen and oxygen atoms in total. The maximum absolute atomic E-state index is 5.77. The van der Waals surface area contributed by atoms with Gasteiger partial charge < -0.3 is 24.7 Å². The molecule has 0 fully saturated rings. The summed E-state index contributed by atoms with van der Waals surface area (Å²) < 4.78 is 11.1. The molecule has 0 aliphatic heterocycles. The highest BCUT2D eigenvalue weighted by Crippen LogP contribution is 2.14. The standard InChI is InChI=1S/C19H28N4O2/c1-4-20-19(22-15-18-9-6-11-24-18)21-14-16-7-5-8-17(13-16)25-12-10-23(2)3/h5-9,11,13H,4,10,12,14-15H2,1-3H3,(H2,20,21,22). The second kappa shape index (κ2) is 10.4. The minimum Gasteiger partial charge on any atom is -0.492 e. The molecule has 2 N–H and O–H groups in total. The van der Waals surface area contributed by atoms with Crippen molar-refractivity contribution in [2.75, 3.05) is 33.8 Å². The number of hydrogen-bond donors (Lipinski definition) is 2. The van der Waals surface area contributed by atoms with E-state index in [-0.39, 0.29) is 0 Å². The Hall–Kier alpha value is -2.47. The van der Waals surface area contributed by atoms with Crippen LogP contribution in [0.5, 0.6) is 5.75 Å². The second-order valence-electron chi connectivity index (χ2n) is 5.93. The number of nitrogens with zero attached hydrogens (tertiary/aromatic N) is 2. The van der Waals surface area contributed by atoms with Gasteiger partial charge in [-0.25, -0.2) is 4.99 Å². The van der Waals surface area contributed by atoms with E-state index in [4.69, 9.17) is 9.15 Å². The molecule has 0 atom stereocenters. The van der Waals surface area contributed by atoms with Crippen LogP contribution in [-0.4, -0.2) is 44.7 Å². The number of rotatable bonds is 9. The van der Waals surface area contributed by atoms with Gasteiger partial charge in [-0.2, -0.15) is 0 Å². The van der Waals surface area contributed by atoms with E-state index in [0.717, 1.165) is 36.1 Å². The Labute approximate surface area is 149 Å². The van der Waals surface area contributed by atoms with Gasteiger partial charge in [0.1, 0.15) is 18.1 Å². The number of nitrogens with one attached hydrogen (secondary N) is 2. The maximum atomic E-state index is 5.77. The van der Waals surface area contributed by atoms with Crippen LogP contribution in [0.3, 0.4) is 0 Å². The lowest BCUT2D eigenvalue weighted by atomic mass is 10.2. The van der Waals surface area contributed by atoms with Gasteiger partial charge in [-0.3, -0.25) is 0 Å². The molecule has 0 amide bonds. The Kier molecular flexibility index (Phi) is 7.85. The van der Waals surface area contributed by atoms with E-state index < -0.39 is 0 Å². The number of furan rings is 1. The molecule has 2 aromatic rings. The number of aliphatic imine (C=N–C) groups is 1. The van der Waals surface area contributed by atoms with Crippen LogP contribution in [0.15, 0.2) is 52.1 Å². The predicted molar refractivity (Wildman–Crippen MR) is 101 cm³/mol. The van der Waals surface area contributed by atoms with Crippen molar-refractivity contribution in [3.8, 4) is 5.75 Å². The molecule has 0 spiro atoms. The molecule has 0 saturated carbocycles. The first-order valence-electron chi connectivity index (χ1n) is 8.58. The van der Waals surface area contributed by atoms with Crippen LogP contribution >= 0.6 is 0 Å². The third kappa shape index (κ3) is 7.30. The van der Waals surface area contributed by atoms with Crippen molar-refractivity contribution < 1.29 is 9.15 Å². The quantitative estimate of drug-likeness (QED) is 0.540. The van der Waals surface area contributed by atoms with Gasteiger partial charge in [-0.05, 0) is 50.8 Å². The Morgan fingerprint density at radius 1 is 1.20 bits per heavy atom. The van der Waals surface area contributed by atoms with Gasteiger partial charge >= 0.3 is 0 Å². The summed E-state index contributed by atoms with van der Waals surface area (Å²) in [6.45, 7) is 5.60. The van der Waals surface area contributed by atoms with E-state index in [2.05, 4.69) is 26.6 Å². The topological polar surface area (TPSA) is 62.0 Å². The van der Waals surface area contributed by atoms with Crippen LogP contribution in [0, 0.1) is 0 Å². The van der Waals surface area contributed by atoms with Gasteiger partial charge in [0.05, 0.1) is 19.4 Å². The van der Waals surface area contributed by atoms with Crippen LogP contribution in [-0.2, 0) is 13.1 Å². The first-order valence-corrected chi connectivity index (χ1v) is 8.58. The highest BCUT2D eigenvalue weighted by molar-refractivity contribution is 5.79. The Morgan fingerprint density at radius 3 is 2.80 bits per heavy atom. The molecule has 0 radical (unpaired) electrons. The van der Waals surface area contributed by atoms with Gasteiger partial charge in [-0.15, -0.1) is 0 Å². The van der Waals surface area contributed by atoms with Crippen LogP contribution in [0.4, 0.5) is 0 Å². The minimum absolute atomic E-state index is 0.582. The van der Waals surface area contributed by atoms with Gasteiger partial charge in [0.2, 0.25) is 0 Å². The lowest BCUT2D eigenvalue weighted by molar-refractivity contribution is 0.261. The Morgan fingerprint density at radius 2 is 2.08 bits per heavy atom. The van der Waals surface area contributed by atoms with Crippen molar-refractivity contribution in [1.82, 2.24) is 15.5 Å². The average Bonchev–Trinajstić information content (AvgIpc) is 3.11. The largest absolute Gasteiger partial charge is 0.492 e. The molecule has 1 aromatic carbocycles. The maximum Gasteiger partial charge on any atom is 0.191 e. The van der Waals surface area contributed by atoms with Gasteiger partial charge in [0, 0.05) is 13.1 Å². The first-order chi connectivity index (χ1) is 12.2. The number of hydrogen-bond acceptors (Lipinski definition) is 4. The summed E-state index contributed by atoms with van der Waals surface area (Å²) in [6.07, 6.45) is 1.67. The van der Waals surface area contributed by atoms with Crippen molar-refractivity contribution in [2.24, 2.45) is 4.99 Å². The third-order valence-electron chi connectivity index (χ3n) is 3.48. The fourth-order valence-electron chi connectivity index (χ4n) is 2.18.